The van der Waals surface area contributed by atoms with E-state index in [1.54, 1.807) is 24.3 Å². The summed E-state index contributed by atoms with van der Waals surface area (Å²) in [4.78, 5) is 52.0. The number of hydrogen-bond acceptors (Lipinski definition) is 6. The minimum atomic E-state index is -0.546. The summed E-state index contributed by atoms with van der Waals surface area (Å²) in [5.74, 6) is 2.88. The Morgan fingerprint density at radius 3 is 1.34 bits per heavy atom. The number of hydrogen-bond donors (Lipinski definition) is 0. The summed E-state index contributed by atoms with van der Waals surface area (Å²) in [6.45, 7) is 11.4. The van der Waals surface area contributed by atoms with E-state index in [0.29, 0.717) is 17.2 Å². The standard InChI is InChI=1S/C45H38N2O6/c1-25-7-11-27(12-8-25)52-29-15-17-35-37(19-29)45(23-43(35,2)3)24-44(4,5)36-18-16-30(20-38(36)45)53-28-13-9-26(10-14-28)47-41(50)33-21-31-32(22-34(33)42(47)51)40(49)46(6)39(31)48/h7-22H,23-24H2,1-6H3. The van der Waals surface area contributed by atoms with Crippen LogP contribution in [0.5, 0.6) is 23.0 Å². The first-order valence-corrected chi connectivity index (χ1v) is 17.9. The summed E-state index contributed by atoms with van der Waals surface area (Å²) in [5, 5.41) is 0.461. The Kier molecular flexibility index (Phi) is 6.82. The fourth-order valence-electron chi connectivity index (χ4n) is 9.30. The maximum atomic E-state index is 13.5. The van der Waals surface area contributed by atoms with Crippen molar-refractivity contribution >= 4 is 21.5 Å². The second-order valence-electron chi connectivity index (χ2n) is 16.2. The monoisotopic (exact) mass is 702 g/mol. The molecule has 0 N–H and O–H groups in total. The van der Waals surface area contributed by atoms with Crippen LogP contribution in [0.2, 0.25) is 0 Å². The van der Waals surface area contributed by atoms with E-state index in [-0.39, 0.29) is 37.8 Å². The van der Waals surface area contributed by atoms with Crippen LogP contribution in [0.3, 0.4) is 0 Å². The number of aryl methyl sites for hydroxylation is 1. The highest BCUT2D eigenvalue weighted by Gasteiger charge is 2.56. The van der Waals surface area contributed by atoms with E-state index in [2.05, 4.69) is 77.1 Å². The van der Waals surface area contributed by atoms with Gasteiger partial charge in [-0.05, 0) is 126 Å². The summed E-state index contributed by atoms with van der Waals surface area (Å²) < 4.78 is 14.9. The highest BCUT2D eigenvalue weighted by atomic mass is 16.5. The van der Waals surface area contributed by atoms with Crippen LogP contribution in [0.4, 0.5) is 0 Å². The van der Waals surface area contributed by atoms with Gasteiger partial charge in [-0.1, -0.05) is 57.5 Å². The second-order valence-corrected chi connectivity index (χ2v) is 16.2. The van der Waals surface area contributed by atoms with E-state index in [9.17, 15) is 19.2 Å². The van der Waals surface area contributed by atoms with Crippen LogP contribution in [0, 0.1) is 6.92 Å². The Bertz CT molecular complexity index is 2800. The molecule has 1 unspecified atom stereocenters. The fourth-order valence-corrected chi connectivity index (χ4v) is 9.30. The molecule has 0 fully saturated rings. The van der Waals surface area contributed by atoms with Crippen molar-refractivity contribution in [2.75, 3.05) is 0 Å². The number of aromatic nitrogens is 2. The molecule has 0 radical (unpaired) electrons. The van der Waals surface area contributed by atoms with Gasteiger partial charge in [0.05, 0.1) is 27.2 Å². The van der Waals surface area contributed by atoms with Crippen molar-refractivity contribution in [1.82, 2.24) is 9.13 Å². The topological polar surface area (TPSA) is 96.6 Å². The first-order valence-electron chi connectivity index (χ1n) is 17.9. The van der Waals surface area contributed by atoms with Crippen LogP contribution >= 0.6 is 0 Å². The van der Waals surface area contributed by atoms with E-state index in [1.165, 1.54) is 47.0 Å². The molecule has 8 nitrogen and oxygen atoms in total. The molecule has 0 saturated heterocycles. The van der Waals surface area contributed by atoms with E-state index in [0.717, 1.165) is 33.5 Å². The molecule has 7 aromatic rings. The van der Waals surface area contributed by atoms with Gasteiger partial charge >= 0.3 is 0 Å². The lowest BCUT2D eigenvalue weighted by molar-refractivity contribution is 0.349. The van der Waals surface area contributed by atoms with E-state index >= 15 is 0 Å². The molecule has 53 heavy (non-hydrogen) atoms. The molecule has 2 aromatic heterocycles. The molecular weight excluding hydrogens is 665 g/mol. The molecule has 2 aliphatic carbocycles. The van der Waals surface area contributed by atoms with Gasteiger partial charge in [-0.2, -0.15) is 0 Å². The number of benzene rings is 5. The van der Waals surface area contributed by atoms with Crippen LogP contribution in [0.25, 0.3) is 27.2 Å². The molecule has 0 bridgehead atoms. The van der Waals surface area contributed by atoms with E-state index in [4.69, 9.17) is 9.47 Å². The number of nitrogens with zero attached hydrogens (tertiary/aromatic N) is 2. The molecule has 264 valence electrons. The Balaban J connectivity index is 1.06. The molecule has 9 rings (SSSR count). The molecule has 1 atom stereocenters. The lowest BCUT2D eigenvalue weighted by atomic mass is 9.72. The number of rotatable bonds is 5. The molecule has 1 spiro atoms. The van der Waals surface area contributed by atoms with Gasteiger partial charge in [0.1, 0.15) is 23.0 Å². The zero-order chi connectivity index (χ0) is 37.2. The maximum Gasteiger partial charge on any atom is 0.266 e. The third-order valence-electron chi connectivity index (χ3n) is 11.6. The van der Waals surface area contributed by atoms with E-state index in [1.807, 2.05) is 18.2 Å². The fraction of sp³-hybridized carbons (Fsp3) is 0.244. The molecule has 0 amide bonds. The van der Waals surface area contributed by atoms with Gasteiger partial charge in [0.2, 0.25) is 0 Å². The molecule has 2 aliphatic rings. The molecule has 2 heterocycles. The highest BCUT2D eigenvalue weighted by Crippen LogP contribution is 2.63. The predicted molar refractivity (Wildman–Crippen MR) is 207 cm³/mol. The van der Waals surface area contributed by atoms with Gasteiger partial charge in [-0.3, -0.25) is 23.7 Å². The SMILES string of the molecule is Cc1ccc(Oc2ccc3c(c2)C2(CC3(C)C)CC(C)(C)c3ccc(Oc4ccc(-n5c(=O)c6cc7c(=O)n(C)c(=O)c7cc6c5=O)cc4)cc32)cc1. The van der Waals surface area contributed by atoms with Gasteiger partial charge in [-0.25, -0.2) is 4.57 Å². The minimum Gasteiger partial charge on any atom is -0.457 e. The minimum absolute atomic E-state index is 0.0479. The zero-order valence-electron chi connectivity index (χ0n) is 30.5. The molecule has 5 aromatic carbocycles. The van der Waals surface area contributed by atoms with Gasteiger partial charge in [0.15, 0.2) is 0 Å². The van der Waals surface area contributed by atoms with Crippen molar-refractivity contribution in [2.24, 2.45) is 7.05 Å². The first-order chi connectivity index (χ1) is 25.2. The Morgan fingerprint density at radius 2 is 0.887 bits per heavy atom. The van der Waals surface area contributed by atoms with Crippen LogP contribution in [-0.4, -0.2) is 9.13 Å². The van der Waals surface area contributed by atoms with Crippen molar-refractivity contribution < 1.29 is 9.47 Å². The Morgan fingerprint density at radius 1 is 0.491 bits per heavy atom. The molecule has 8 heteroatoms. The Hall–Kier alpha value is -6.02. The van der Waals surface area contributed by atoms with Gasteiger partial charge < -0.3 is 9.47 Å². The Labute approximate surface area is 305 Å². The summed E-state index contributed by atoms with van der Waals surface area (Å²) in [6, 6.07) is 30.6. The van der Waals surface area contributed by atoms with Gasteiger partial charge in [0.25, 0.3) is 22.2 Å². The smallest absolute Gasteiger partial charge is 0.266 e. The maximum absolute atomic E-state index is 13.5. The summed E-state index contributed by atoms with van der Waals surface area (Å²) in [5.41, 5.74) is 4.32. The lowest BCUT2D eigenvalue weighted by Crippen LogP contribution is -2.27. The van der Waals surface area contributed by atoms with Crippen molar-refractivity contribution in [2.45, 2.75) is 63.7 Å². The average molecular weight is 703 g/mol. The van der Waals surface area contributed by atoms with Gasteiger partial charge in [0, 0.05) is 12.5 Å². The second kappa shape index (κ2) is 11.0. The van der Waals surface area contributed by atoms with Crippen molar-refractivity contribution in [3.63, 3.8) is 0 Å². The predicted octanol–water partition coefficient (Wildman–Crippen LogP) is 7.98. The summed E-state index contributed by atoms with van der Waals surface area (Å²) in [7, 11) is 1.38. The quantitative estimate of drug-likeness (QED) is 0.181. The van der Waals surface area contributed by atoms with E-state index < -0.39 is 22.2 Å². The third kappa shape index (κ3) is 4.81. The lowest BCUT2D eigenvalue weighted by Gasteiger charge is -2.30. The summed E-state index contributed by atoms with van der Waals surface area (Å²) >= 11 is 0. The summed E-state index contributed by atoms with van der Waals surface area (Å²) in [6.07, 6.45) is 1.92. The number of fused-ring (bicyclic) bond motifs is 6. The zero-order valence-corrected chi connectivity index (χ0v) is 30.5. The van der Waals surface area contributed by atoms with Crippen LogP contribution in [0.15, 0.2) is 116 Å². The molecule has 0 aliphatic heterocycles. The largest absolute Gasteiger partial charge is 0.457 e. The third-order valence-corrected chi connectivity index (χ3v) is 11.6. The van der Waals surface area contributed by atoms with Crippen LogP contribution in [0.1, 0.15) is 68.4 Å². The highest BCUT2D eigenvalue weighted by molar-refractivity contribution is 5.98. The van der Waals surface area contributed by atoms with Gasteiger partial charge in [-0.15, -0.1) is 0 Å². The van der Waals surface area contributed by atoms with Crippen LogP contribution in [-0.2, 0) is 23.3 Å². The molecule has 0 saturated carbocycles. The van der Waals surface area contributed by atoms with Crippen molar-refractivity contribution in [3.8, 4) is 28.7 Å². The van der Waals surface area contributed by atoms with Crippen molar-refractivity contribution in [3.05, 3.63) is 166 Å². The normalized spacial score (nSPS) is 18.2. The van der Waals surface area contributed by atoms with Crippen LogP contribution < -0.4 is 31.7 Å². The first kappa shape index (κ1) is 32.9. The number of ether oxygens (including phenoxy) is 2. The van der Waals surface area contributed by atoms with Crippen molar-refractivity contribution in [1.29, 1.82) is 0 Å². The molecular formula is C45H38N2O6. The average Bonchev–Trinajstić information content (AvgIpc) is 3.69.